The van der Waals surface area contributed by atoms with Crippen molar-refractivity contribution in [2.75, 3.05) is 20.1 Å². The van der Waals surface area contributed by atoms with Crippen LogP contribution in [0.5, 0.6) is 0 Å². The van der Waals surface area contributed by atoms with Gasteiger partial charge in [0.1, 0.15) is 0 Å². The third kappa shape index (κ3) is 6.51. The highest BCUT2D eigenvalue weighted by molar-refractivity contribution is 14.0. The molecule has 0 radical (unpaired) electrons. The van der Waals surface area contributed by atoms with Gasteiger partial charge in [-0.3, -0.25) is 4.99 Å². The van der Waals surface area contributed by atoms with Crippen molar-refractivity contribution in [3.8, 4) is 0 Å². The van der Waals surface area contributed by atoms with Crippen molar-refractivity contribution in [2.45, 2.75) is 25.7 Å². The lowest BCUT2D eigenvalue weighted by molar-refractivity contribution is 0.509. The Morgan fingerprint density at radius 3 is 2.43 bits per heavy atom. The number of thiophene rings is 1. The Kier molecular flexibility index (Phi) is 8.62. The molecule has 0 aliphatic rings. The van der Waals surface area contributed by atoms with Gasteiger partial charge in [-0.25, -0.2) is 0 Å². The molecular weight excluding hydrogens is 417 g/mol. The van der Waals surface area contributed by atoms with Crippen molar-refractivity contribution in [3.05, 3.63) is 58.3 Å². The molecule has 1 heterocycles. The lowest BCUT2D eigenvalue weighted by Crippen LogP contribution is -2.44. The standard InChI is InChI=1S/C18H25N3S.HI/c1-18(2,15-8-5-4-6-9-15)14-21-17(19-3)20-12-11-16-10-7-13-22-16;/h4-10,13H,11-12,14H2,1-3H3,(H2,19,20,21);1H. The van der Waals surface area contributed by atoms with E-state index in [1.54, 1.807) is 11.3 Å². The summed E-state index contributed by atoms with van der Waals surface area (Å²) in [5.41, 5.74) is 1.39. The molecule has 2 rings (SSSR count). The molecule has 1 aromatic heterocycles. The van der Waals surface area contributed by atoms with E-state index in [9.17, 15) is 0 Å². The van der Waals surface area contributed by atoms with E-state index >= 15 is 0 Å². The molecule has 5 heteroatoms. The van der Waals surface area contributed by atoms with E-state index in [-0.39, 0.29) is 29.4 Å². The van der Waals surface area contributed by atoms with Crippen molar-refractivity contribution in [3.63, 3.8) is 0 Å². The van der Waals surface area contributed by atoms with Gasteiger partial charge in [0.25, 0.3) is 0 Å². The first-order valence-corrected chi connectivity index (χ1v) is 8.52. The molecule has 0 spiro atoms. The summed E-state index contributed by atoms with van der Waals surface area (Å²) in [7, 11) is 1.82. The molecule has 0 atom stereocenters. The van der Waals surface area contributed by atoms with Crippen LogP contribution in [0, 0.1) is 0 Å². The molecule has 0 saturated heterocycles. The second-order valence-electron chi connectivity index (χ2n) is 5.93. The minimum absolute atomic E-state index is 0. The van der Waals surface area contributed by atoms with Gasteiger partial charge in [-0.15, -0.1) is 35.3 Å². The Bertz CT molecular complexity index is 580. The first-order chi connectivity index (χ1) is 10.6. The number of guanidine groups is 1. The van der Waals surface area contributed by atoms with Crippen LogP contribution in [-0.2, 0) is 11.8 Å². The topological polar surface area (TPSA) is 36.4 Å². The average molecular weight is 443 g/mol. The molecule has 0 saturated carbocycles. The molecule has 0 bridgehead atoms. The lowest BCUT2D eigenvalue weighted by Gasteiger charge is -2.26. The predicted octanol–water partition coefficient (Wildman–Crippen LogP) is 4.05. The van der Waals surface area contributed by atoms with E-state index in [0.29, 0.717) is 0 Å². The number of halogens is 1. The summed E-state index contributed by atoms with van der Waals surface area (Å²) < 4.78 is 0. The highest BCUT2D eigenvalue weighted by atomic mass is 127. The zero-order chi connectivity index (χ0) is 15.8. The van der Waals surface area contributed by atoms with Crippen LogP contribution in [0.2, 0.25) is 0 Å². The number of nitrogens with one attached hydrogen (secondary N) is 2. The maximum atomic E-state index is 4.30. The van der Waals surface area contributed by atoms with E-state index in [4.69, 9.17) is 0 Å². The molecule has 126 valence electrons. The molecule has 23 heavy (non-hydrogen) atoms. The minimum atomic E-state index is 0. The predicted molar refractivity (Wildman–Crippen MR) is 112 cm³/mol. The average Bonchev–Trinajstić information content (AvgIpc) is 3.05. The Morgan fingerprint density at radius 2 is 1.83 bits per heavy atom. The molecule has 3 nitrogen and oxygen atoms in total. The van der Waals surface area contributed by atoms with Gasteiger partial charge in [0.05, 0.1) is 0 Å². The highest BCUT2D eigenvalue weighted by Gasteiger charge is 2.20. The second-order valence-corrected chi connectivity index (χ2v) is 6.96. The normalized spacial score (nSPS) is 11.7. The maximum absolute atomic E-state index is 4.30. The number of rotatable bonds is 6. The number of benzene rings is 1. The van der Waals surface area contributed by atoms with E-state index in [1.807, 2.05) is 7.05 Å². The van der Waals surface area contributed by atoms with Crippen molar-refractivity contribution in [1.82, 2.24) is 10.6 Å². The van der Waals surface area contributed by atoms with Gasteiger partial charge < -0.3 is 10.6 Å². The number of hydrogen-bond donors (Lipinski definition) is 2. The monoisotopic (exact) mass is 443 g/mol. The van der Waals surface area contributed by atoms with Crippen molar-refractivity contribution < 1.29 is 0 Å². The van der Waals surface area contributed by atoms with Crippen LogP contribution < -0.4 is 10.6 Å². The first kappa shape index (κ1) is 20.0. The van der Waals surface area contributed by atoms with E-state index in [1.165, 1.54) is 10.4 Å². The molecule has 0 aliphatic heterocycles. The van der Waals surface area contributed by atoms with Crippen molar-refractivity contribution in [1.29, 1.82) is 0 Å². The van der Waals surface area contributed by atoms with Gasteiger partial charge in [-0.1, -0.05) is 50.2 Å². The van der Waals surface area contributed by atoms with Gasteiger partial charge in [0.15, 0.2) is 5.96 Å². The first-order valence-electron chi connectivity index (χ1n) is 7.64. The fourth-order valence-corrected chi connectivity index (χ4v) is 2.98. The Morgan fingerprint density at radius 1 is 1.09 bits per heavy atom. The van der Waals surface area contributed by atoms with Gasteiger partial charge in [-0.05, 0) is 23.4 Å². The van der Waals surface area contributed by atoms with E-state index < -0.39 is 0 Å². The van der Waals surface area contributed by atoms with Gasteiger partial charge in [0.2, 0.25) is 0 Å². The van der Waals surface area contributed by atoms with Crippen LogP contribution in [0.25, 0.3) is 0 Å². The fourth-order valence-electron chi connectivity index (χ4n) is 2.28. The zero-order valence-electron chi connectivity index (χ0n) is 14.0. The van der Waals surface area contributed by atoms with Gasteiger partial charge >= 0.3 is 0 Å². The molecular formula is C18H26IN3S. The summed E-state index contributed by atoms with van der Waals surface area (Å²) in [6, 6.07) is 14.8. The molecule has 1 aromatic carbocycles. The van der Waals surface area contributed by atoms with Crippen LogP contribution in [0.3, 0.4) is 0 Å². The van der Waals surface area contributed by atoms with Crippen molar-refractivity contribution >= 4 is 41.3 Å². The van der Waals surface area contributed by atoms with E-state index in [2.05, 4.69) is 77.3 Å². The summed E-state index contributed by atoms with van der Waals surface area (Å²) >= 11 is 1.80. The zero-order valence-corrected chi connectivity index (χ0v) is 17.2. The smallest absolute Gasteiger partial charge is 0.191 e. The number of hydrogen-bond acceptors (Lipinski definition) is 2. The Hall–Kier alpha value is -1.08. The quantitative estimate of drug-likeness (QED) is 0.402. The fraction of sp³-hybridized carbons (Fsp3) is 0.389. The van der Waals surface area contributed by atoms with Crippen LogP contribution in [0.1, 0.15) is 24.3 Å². The highest BCUT2D eigenvalue weighted by Crippen LogP contribution is 2.21. The molecule has 2 N–H and O–H groups in total. The van der Waals surface area contributed by atoms with Crippen LogP contribution >= 0.6 is 35.3 Å². The van der Waals surface area contributed by atoms with Crippen molar-refractivity contribution in [2.24, 2.45) is 4.99 Å². The van der Waals surface area contributed by atoms with Crippen LogP contribution in [0.15, 0.2) is 52.8 Å². The third-order valence-corrected chi connectivity index (χ3v) is 4.66. The largest absolute Gasteiger partial charge is 0.356 e. The summed E-state index contributed by atoms with van der Waals surface area (Å²) in [6.45, 7) is 6.23. The summed E-state index contributed by atoms with van der Waals surface area (Å²) in [5, 5.41) is 8.92. The van der Waals surface area contributed by atoms with Gasteiger partial charge in [0, 0.05) is 30.4 Å². The molecule has 2 aromatic rings. The van der Waals surface area contributed by atoms with Crippen LogP contribution in [0.4, 0.5) is 0 Å². The summed E-state index contributed by atoms with van der Waals surface area (Å²) in [6.07, 6.45) is 1.03. The maximum Gasteiger partial charge on any atom is 0.191 e. The molecule has 0 unspecified atom stereocenters. The Balaban J connectivity index is 0.00000264. The second kappa shape index (κ2) is 9.93. The summed E-state index contributed by atoms with van der Waals surface area (Å²) in [5.74, 6) is 0.862. The summed E-state index contributed by atoms with van der Waals surface area (Å²) in [4.78, 5) is 5.70. The third-order valence-electron chi connectivity index (χ3n) is 3.72. The van der Waals surface area contributed by atoms with Crippen LogP contribution in [-0.4, -0.2) is 26.1 Å². The SMILES string of the molecule is CN=C(NCCc1cccs1)NCC(C)(C)c1ccccc1.I. The number of nitrogens with zero attached hydrogens (tertiary/aromatic N) is 1. The Labute approximate surface area is 160 Å². The molecule has 0 aliphatic carbocycles. The van der Waals surface area contributed by atoms with Gasteiger partial charge in [-0.2, -0.15) is 0 Å². The molecule has 0 fully saturated rings. The van der Waals surface area contributed by atoms with E-state index in [0.717, 1.165) is 25.5 Å². The minimum Gasteiger partial charge on any atom is -0.356 e. The molecule has 0 amide bonds. The number of aliphatic imine (C=N–C) groups is 1. The lowest BCUT2D eigenvalue weighted by atomic mass is 9.85.